The number of carbonyl (C=O) groups is 2. The number of nitrogens with one attached hydrogen (secondary N) is 2. The van der Waals surface area contributed by atoms with Gasteiger partial charge >= 0.3 is 0 Å². The molecule has 0 aliphatic heterocycles. The molecule has 0 fully saturated rings. The molecule has 5 nitrogen and oxygen atoms in total. The largest absolute Gasteiger partial charge is 0.341 e. The molecule has 7 heteroatoms. The second-order valence-electron chi connectivity index (χ2n) is 5.61. The number of rotatable bonds is 5. The van der Waals surface area contributed by atoms with E-state index in [2.05, 4.69) is 15.6 Å². The summed E-state index contributed by atoms with van der Waals surface area (Å²) in [4.78, 5) is 28.7. The molecule has 132 valence electrons. The van der Waals surface area contributed by atoms with Gasteiger partial charge in [-0.2, -0.15) is 0 Å². The third-order valence-electron chi connectivity index (χ3n) is 3.68. The van der Waals surface area contributed by atoms with Gasteiger partial charge in [0.2, 0.25) is 5.91 Å². The molecule has 0 saturated carbocycles. The van der Waals surface area contributed by atoms with E-state index in [0.717, 1.165) is 10.6 Å². The van der Waals surface area contributed by atoms with Crippen LogP contribution in [0.1, 0.15) is 17.3 Å². The number of aromatic nitrogens is 1. The number of hydrogen-bond donors (Lipinski definition) is 2. The molecule has 3 rings (SSSR count). The minimum Gasteiger partial charge on any atom is -0.341 e. The summed E-state index contributed by atoms with van der Waals surface area (Å²) in [5.41, 5.74) is 2.09. The predicted octanol–water partition coefficient (Wildman–Crippen LogP) is 4.22. The van der Waals surface area contributed by atoms with E-state index in [1.807, 2.05) is 29.6 Å². The van der Waals surface area contributed by atoms with E-state index in [-0.39, 0.29) is 11.8 Å². The first-order valence-corrected chi connectivity index (χ1v) is 9.16. The Labute approximate surface area is 160 Å². The topological polar surface area (TPSA) is 71.1 Å². The van der Waals surface area contributed by atoms with Crippen LogP contribution in [0.3, 0.4) is 0 Å². The summed E-state index contributed by atoms with van der Waals surface area (Å²) >= 11 is 7.36. The van der Waals surface area contributed by atoms with Crippen LogP contribution in [0, 0.1) is 0 Å². The van der Waals surface area contributed by atoms with Crippen molar-refractivity contribution in [3.05, 3.63) is 70.7 Å². The van der Waals surface area contributed by atoms with Gasteiger partial charge in [-0.3, -0.25) is 9.59 Å². The quantitative estimate of drug-likeness (QED) is 0.690. The normalized spacial score (nSPS) is 11.6. The van der Waals surface area contributed by atoms with Crippen molar-refractivity contribution in [2.24, 2.45) is 0 Å². The molecule has 0 aliphatic rings. The lowest BCUT2D eigenvalue weighted by molar-refractivity contribution is -0.117. The van der Waals surface area contributed by atoms with E-state index in [1.165, 1.54) is 0 Å². The Kier molecular flexibility index (Phi) is 5.65. The summed E-state index contributed by atoms with van der Waals surface area (Å²) in [5.74, 6) is -0.627. The van der Waals surface area contributed by atoms with Crippen LogP contribution < -0.4 is 10.6 Å². The Morgan fingerprint density at radius 3 is 2.38 bits per heavy atom. The van der Waals surface area contributed by atoms with Crippen LogP contribution in [0.5, 0.6) is 0 Å². The van der Waals surface area contributed by atoms with E-state index in [4.69, 9.17) is 11.6 Å². The highest BCUT2D eigenvalue weighted by atomic mass is 35.5. The average Bonchev–Trinajstić information content (AvgIpc) is 3.17. The Hall–Kier alpha value is -2.70. The molecule has 26 heavy (non-hydrogen) atoms. The molecule has 3 aromatic rings. The van der Waals surface area contributed by atoms with Gasteiger partial charge in [0.15, 0.2) is 0 Å². The van der Waals surface area contributed by atoms with Gasteiger partial charge in [0.05, 0.1) is 0 Å². The Morgan fingerprint density at radius 1 is 1.08 bits per heavy atom. The monoisotopic (exact) mass is 385 g/mol. The standard InChI is InChI=1S/C19H16ClN3O2S/c1-12(22-18(25)13-2-6-15(20)7-3-13)17(24)23-16-8-4-14(5-9-16)19-21-10-11-26-19/h2-12H,1H3,(H,22,25)(H,23,24). The van der Waals surface area contributed by atoms with Gasteiger partial charge in [-0.1, -0.05) is 11.6 Å². The SMILES string of the molecule is CC(NC(=O)c1ccc(Cl)cc1)C(=O)Nc1ccc(-c2nccs2)cc1. The lowest BCUT2D eigenvalue weighted by Gasteiger charge is -2.14. The van der Waals surface area contributed by atoms with E-state index in [0.29, 0.717) is 16.3 Å². The first kappa shape index (κ1) is 18.1. The maximum Gasteiger partial charge on any atom is 0.251 e. The number of anilines is 1. The second kappa shape index (κ2) is 8.12. The molecule has 1 heterocycles. The molecular formula is C19H16ClN3O2S. The molecule has 2 aromatic carbocycles. The summed E-state index contributed by atoms with van der Waals surface area (Å²) in [6.45, 7) is 1.63. The highest BCUT2D eigenvalue weighted by Crippen LogP contribution is 2.23. The summed E-state index contributed by atoms with van der Waals surface area (Å²) in [5, 5.41) is 8.84. The fraction of sp³-hybridized carbons (Fsp3) is 0.105. The van der Waals surface area contributed by atoms with E-state index < -0.39 is 6.04 Å². The molecule has 0 saturated heterocycles. The number of carbonyl (C=O) groups excluding carboxylic acids is 2. The molecule has 2 amide bonds. The second-order valence-corrected chi connectivity index (χ2v) is 6.94. The average molecular weight is 386 g/mol. The van der Waals surface area contributed by atoms with Crippen LogP contribution in [0.2, 0.25) is 5.02 Å². The zero-order chi connectivity index (χ0) is 18.5. The Balaban J connectivity index is 1.58. The van der Waals surface area contributed by atoms with Crippen molar-refractivity contribution >= 4 is 40.4 Å². The van der Waals surface area contributed by atoms with Crippen molar-refractivity contribution in [1.82, 2.24) is 10.3 Å². The summed E-state index contributed by atoms with van der Waals surface area (Å²) in [6, 6.07) is 13.2. The van der Waals surface area contributed by atoms with Gasteiger partial charge < -0.3 is 10.6 Å². The van der Waals surface area contributed by atoms with Gasteiger partial charge in [0.1, 0.15) is 11.0 Å². The molecule has 1 aromatic heterocycles. The van der Waals surface area contributed by atoms with Crippen molar-refractivity contribution in [3.8, 4) is 10.6 Å². The number of benzene rings is 2. The van der Waals surface area contributed by atoms with Gasteiger partial charge in [-0.25, -0.2) is 4.98 Å². The number of amides is 2. The molecule has 1 unspecified atom stereocenters. The third kappa shape index (κ3) is 4.47. The van der Waals surface area contributed by atoms with Gasteiger partial charge in [0, 0.05) is 33.4 Å². The van der Waals surface area contributed by atoms with Crippen molar-refractivity contribution in [1.29, 1.82) is 0 Å². The summed E-state index contributed by atoms with van der Waals surface area (Å²) < 4.78 is 0. The number of thiazole rings is 1. The van der Waals surface area contributed by atoms with Crippen molar-refractivity contribution in [2.75, 3.05) is 5.32 Å². The highest BCUT2D eigenvalue weighted by molar-refractivity contribution is 7.13. The highest BCUT2D eigenvalue weighted by Gasteiger charge is 2.16. The third-order valence-corrected chi connectivity index (χ3v) is 4.75. The predicted molar refractivity (Wildman–Crippen MR) is 105 cm³/mol. The van der Waals surface area contributed by atoms with Crippen molar-refractivity contribution in [3.63, 3.8) is 0 Å². The van der Waals surface area contributed by atoms with Crippen molar-refractivity contribution < 1.29 is 9.59 Å². The van der Waals surface area contributed by atoms with Crippen molar-refractivity contribution in [2.45, 2.75) is 13.0 Å². The van der Waals surface area contributed by atoms with E-state index >= 15 is 0 Å². The van der Waals surface area contributed by atoms with Crippen LogP contribution in [-0.4, -0.2) is 22.8 Å². The molecule has 1 atom stereocenters. The van der Waals surface area contributed by atoms with Crippen LogP contribution in [-0.2, 0) is 4.79 Å². The van der Waals surface area contributed by atoms with Crippen LogP contribution in [0.4, 0.5) is 5.69 Å². The smallest absolute Gasteiger partial charge is 0.251 e. The van der Waals surface area contributed by atoms with Gasteiger partial charge in [-0.15, -0.1) is 11.3 Å². The molecular weight excluding hydrogens is 370 g/mol. The minimum atomic E-state index is -0.684. The molecule has 0 radical (unpaired) electrons. The van der Waals surface area contributed by atoms with Crippen LogP contribution >= 0.6 is 22.9 Å². The minimum absolute atomic E-state index is 0.297. The molecule has 0 bridgehead atoms. The Morgan fingerprint density at radius 2 is 1.77 bits per heavy atom. The lowest BCUT2D eigenvalue weighted by Crippen LogP contribution is -2.41. The van der Waals surface area contributed by atoms with E-state index in [9.17, 15) is 9.59 Å². The first-order valence-electron chi connectivity index (χ1n) is 7.90. The molecule has 0 spiro atoms. The zero-order valence-corrected chi connectivity index (χ0v) is 15.5. The molecule has 0 aliphatic carbocycles. The fourth-order valence-electron chi connectivity index (χ4n) is 2.26. The summed E-state index contributed by atoms with van der Waals surface area (Å²) in [6.07, 6.45) is 1.75. The maximum atomic E-state index is 12.3. The zero-order valence-electron chi connectivity index (χ0n) is 13.9. The first-order chi connectivity index (χ1) is 12.5. The van der Waals surface area contributed by atoms with E-state index in [1.54, 1.807) is 48.7 Å². The number of halogens is 1. The van der Waals surface area contributed by atoms with Gasteiger partial charge in [0.25, 0.3) is 5.91 Å². The van der Waals surface area contributed by atoms with Gasteiger partial charge in [-0.05, 0) is 55.5 Å². The summed E-state index contributed by atoms with van der Waals surface area (Å²) in [7, 11) is 0. The molecule has 2 N–H and O–H groups in total. The Bertz CT molecular complexity index is 894. The fourth-order valence-corrected chi connectivity index (χ4v) is 3.03. The van der Waals surface area contributed by atoms with Crippen LogP contribution in [0.15, 0.2) is 60.1 Å². The number of hydrogen-bond acceptors (Lipinski definition) is 4. The lowest BCUT2D eigenvalue weighted by atomic mass is 10.2. The number of nitrogens with zero attached hydrogens (tertiary/aromatic N) is 1. The van der Waals surface area contributed by atoms with Crippen LogP contribution in [0.25, 0.3) is 10.6 Å². The maximum absolute atomic E-state index is 12.3.